The Balaban J connectivity index is 2.66. The molecule has 1 fully saturated rings. The number of halogens is 1. The van der Waals surface area contributed by atoms with Crippen LogP contribution in [0.2, 0.25) is 0 Å². The Kier molecular flexibility index (Phi) is 3.26. The topological polar surface area (TPSA) is 35.9 Å². The molecule has 13 heavy (non-hydrogen) atoms. The first-order chi connectivity index (χ1) is 5.97. The van der Waals surface area contributed by atoms with Crippen molar-refractivity contribution in [3.8, 4) is 0 Å². The molecule has 0 aliphatic carbocycles. The maximum Gasteiger partial charge on any atom is 0.270 e. The second kappa shape index (κ2) is 3.89. The summed E-state index contributed by atoms with van der Waals surface area (Å²) in [6, 6.07) is 0.290. The van der Waals surface area contributed by atoms with Crippen molar-refractivity contribution in [3.05, 3.63) is 0 Å². The highest BCUT2D eigenvalue weighted by Crippen LogP contribution is 2.18. The van der Waals surface area contributed by atoms with Crippen LogP contribution in [0.25, 0.3) is 0 Å². The molecule has 1 heterocycles. The summed E-state index contributed by atoms with van der Waals surface area (Å²) in [6.07, 6.45) is 0.851. The maximum absolute atomic E-state index is 13.2. The summed E-state index contributed by atoms with van der Waals surface area (Å²) in [6.45, 7) is 1.02. The Labute approximate surface area is 79.3 Å². The molecule has 0 aromatic rings. The number of nitrogens with zero attached hydrogens (tertiary/aromatic N) is 3. The van der Waals surface area contributed by atoms with E-state index in [-0.39, 0.29) is 0 Å². The fraction of sp³-hybridized carbons (Fsp3) is 1.00. The number of hydrogen-bond acceptors (Lipinski definition) is 3. The van der Waals surface area contributed by atoms with E-state index in [4.69, 9.17) is 0 Å². The van der Waals surface area contributed by atoms with Gasteiger partial charge in [0.05, 0.1) is 0 Å². The van der Waals surface area contributed by atoms with E-state index in [1.54, 1.807) is 0 Å². The Morgan fingerprint density at radius 3 is 2.62 bits per heavy atom. The number of rotatable bonds is 2. The van der Waals surface area contributed by atoms with Gasteiger partial charge < -0.3 is 4.90 Å². The van der Waals surface area contributed by atoms with E-state index in [0.717, 1.165) is 6.42 Å². The lowest BCUT2D eigenvalue weighted by atomic mass is 10.2. The van der Waals surface area contributed by atoms with Gasteiger partial charge in [-0.05, 0) is 20.5 Å². The SMILES string of the molecule is CN=S(=O)(F)N1CCC(N(C)C)C1. The van der Waals surface area contributed by atoms with Crippen molar-refractivity contribution in [2.45, 2.75) is 12.5 Å². The van der Waals surface area contributed by atoms with Gasteiger partial charge in [0.25, 0.3) is 10.3 Å². The van der Waals surface area contributed by atoms with E-state index in [0.29, 0.717) is 19.1 Å². The Morgan fingerprint density at radius 1 is 1.62 bits per heavy atom. The third-order valence-corrected chi connectivity index (χ3v) is 3.82. The summed E-state index contributed by atoms with van der Waals surface area (Å²) >= 11 is 0. The zero-order valence-corrected chi connectivity index (χ0v) is 9.05. The zero-order valence-electron chi connectivity index (χ0n) is 8.23. The van der Waals surface area contributed by atoms with Crippen LogP contribution in [0.3, 0.4) is 0 Å². The highest BCUT2D eigenvalue weighted by Gasteiger charge is 2.30. The van der Waals surface area contributed by atoms with Gasteiger partial charge in [0.15, 0.2) is 0 Å². The third-order valence-electron chi connectivity index (χ3n) is 2.40. The van der Waals surface area contributed by atoms with Crippen molar-refractivity contribution in [1.82, 2.24) is 9.21 Å². The summed E-state index contributed by atoms with van der Waals surface area (Å²) in [5.41, 5.74) is 0. The second-order valence-corrected chi connectivity index (χ2v) is 5.15. The third kappa shape index (κ3) is 2.38. The van der Waals surface area contributed by atoms with Crippen molar-refractivity contribution in [2.75, 3.05) is 34.2 Å². The van der Waals surface area contributed by atoms with Gasteiger partial charge in [-0.3, -0.25) is 0 Å². The molecule has 1 aliphatic rings. The molecule has 0 spiro atoms. The van der Waals surface area contributed by atoms with Gasteiger partial charge in [0.2, 0.25) is 0 Å². The summed E-state index contributed by atoms with van der Waals surface area (Å²) in [7, 11) is 1.56. The molecule has 4 nitrogen and oxygen atoms in total. The van der Waals surface area contributed by atoms with Crippen molar-refractivity contribution in [2.24, 2.45) is 4.36 Å². The van der Waals surface area contributed by atoms with Crippen LogP contribution in [-0.4, -0.2) is 53.7 Å². The van der Waals surface area contributed by atoms with Crippen LogP contribution >= 0.6 is 0 Å². The van der Waals surface area contributed by atoms with Crippen LogP contribution in [0.5, 0.6) is 0 Å². The van der Waals surface area contributed by atoms with Crippen LogP contribution in [0, 0.1) is 0 Å². The summed E-state index contributed by atoms with van der Waals surface area (Å²) in [4.78, 5) is 2.02. The smallest absolute Gasteiger partial charge is 0.270 e. The number of hydrogen-bond donors (Lipinski definition) is 0. The lowest BCUT2D eigenvalue weighted by molar-refractivity contribution is 0.302. The molecule has 2 atom stereocenters. The van der Waals surface area contributed by atoms with E-state index in [9.17, 15) is 8.09 Å². The molecule has 6 heteroatoms. The fourth-order valence-electron chi connectivity index (χ4n) is 1.45. The van der Waals surface area contributed by atoms with Crippen LogP contribution < -0.4 is 0 Å². The van der Waals surface area contributed by atoms with Crippen molar-refractivity contribution in [3.63, 3.8) is 0 Å². The standard InChI is InChI=1S/C7H16FN3OS/c1-9-13(8,12)11-5-4-7(6-11)10(2)3/h7H,4-6H2,1-3H3. The molecule has 1 saturated heterocycles. The van der Waals surface area contributed by atoms with E-state index in [1.165, 1.54) is 11.4 Å². The summed E-state index contributed by atoms with van der Waals surface area (Å²) in [5, 5.41) is 0. The van der Waals surface area contributed by atoms with E-state index in [2.05, 4.69) is 4.36 Å². The van der Waals surface area contributed by atoms with Crippen LogP contribution in [-0.2, 0) is 10.3 Å². The minimum absolute atomic E-state index is 0.290. The van der Waals surface area contributed by atoms with E-state index in [1.807, 2.05) is 19.0 Å². The quantitative estimate of drug-likeness (QED) is 0.622. The molecule has 0 N–H and O–H groups in total. The van der Waals surface area contributed by atoms with Gasteiger partial charge in [-0.2, -0.15) is 8.51 Å². The van der Waals surface area contributed by atoms with Crippen molar-refractivity contribution >= 4 is 10.3 Å². The molecule has 2 unspecified atom stereocenters. The van der Waals surface area contributed by atoms with Crippen LogP contribution in [0.1, 0.15) is 6.42 Å². The molecule has 0 bridgehead atoms. The first-order valence-electron chi connectivity index (χ1n) is 4.23. The predicted molar refractivity (Wildman–Crippen MR) is 51.3 cm³/mol. The lowest BCUT2D eigenvalue weighted by Gasteiger charge is -2.19. The summed E-state index contributed by atoms with van der Waals surface area (Å²) in [5.74, 6) is 0. The molecule has 0 aromatic heterocycles. The van der Waals surface area contributed by atoms with E-state index < -0.39 is 10.3 Å². The highest BCUT2D eigenvalue weighted by atomic mass is 32.3. The van der Waals surface area contributed by atoms with Gasteiger partial charge in [0, 0.05) is 26.2 Å². The molecular weight excluding hydrogens is 193 g/mol. The molecule has 1 rings (SSSR count). The average molecular weight is 209 g/mol. The summed E-state index contributed by atoms with van der Waals surface area (Å²) < 4.78 is 29.0. The first kappa shape index (κ1) is 10.9. The minimum atomic E-state index is -3.58. The first-order valence-corrected chi connectivity index (χ1v) is 5.61. The van der Waals surface area contributed by atoms with Gasteiger partial charge in [0.1, 0.15) is 0 Å². The molecule has 1 aliphatic heterocycles. The highest BCUT2D eigenvalue weighted by molar-refractivity contribution is 7.86. The van der Waals surface area contributed by atoms with Gasteiger partial charge in [-0.25, -0.2) is 4.36 Å². The van der Waals surface area contributed by atoms with Gasteiger partial charge in [-0.15, -0.1) is 3.89 Å². The minimum Gasteiger partial charge on any atom is -0.305 e. The maximum atomic E-state index is 13.2. The normalized spacial score (nSPS) is 29.2. The molecule has 0 radical (unpaired) electrons. The van der Waals surface area contributed by atoms with Crippen LogP contribution in [0.15, 0.2) is 4.36 Å². The Morgan fingerprint density at radius 2 is 2.23 bits per heavy atom. The molecule has 0 aromatic carbocycles. The molecule has 0 saturated carbocycles. The lowest BCUT2D eigenvalue weighted by Crippen LogP contribution is -2.32. The Bertz CT molecular complexity index is 285. The predicted octanol–water partition coefficient (Wildman–Crippen LogP) is 0.520. The van der Waals surface area contributed by atoms with Crippen LogP contribution in [0.4, 0.5) is 3.89 Å². The van der Waals surface area contributed by atoms with E-state index >= 15 is 0 Å². The zero-order chi connectivity index (χ0) is 10.1. The number of likely N-dealkylation sites (N-methyl/N-ethyl adjacent to an activating group) is 1. The van der Waals surface area contributed by atoms with Crippen molar-refractivity contribution < 1.29 is 8.09 Å². The second-order valence-electron chi connectivity index (χ2n) is 3.41. The Hall–Kier alpha value is -0.200. The van der Waals surface area contributed by atoms with Crippen molar-refractivity contribution in [1.29, 1.82) is 0 Å². The van der Waals surface area contributed by atoms with Gasteiger partial charge in [-0.1, -0.05) is 0 Å². The molecule has 78 valence electrons. The monoisotopic (exact) mass is 209 g/mol. The molecule has 0 amide bonds. The average Bonchev–Trinajstić information content (AvgIpc) is 2.52. The largest absolute Gasteiger partial charge is 0.305 e. The van der Waals surface area contributed by atoms with Gasteiger partial charge >= 0.3 is 0 Å². The fourth-order valence-corrected chi connectivity index (χ4v) is 2.37. The molecular formula is C7H16FN3OS.